The molecular formula is C33H39N3O4Si. The van der Waals surface area contributed by atoms with Crippen molar-refractivity contribution in [1.82, 2.24) is 15.1 Å². The van der Waals surface area contributed by atoms with Gasteiger partial charge >= 0.3 is 5.97 Å². The lowest BCUT2D eigenvalue weighted by molar-refractivity contribution is -0.142. The normalized spacial score (nSPS) is 17.8. The van der Waals surface area contributed by atoms with Crippen LogP contribution in [0.2, 0.25) is 5.04 Å². The van der Waals surface area contributed by atoms with Crippen LogP contribution in [-0.4, -0.2) is 47.7 Å². The third-order valence-corrected chi connectivity index (χ3v) is 13.4. The first kappa shape index (κ1) is 28.8. The van der Waals surface area contributed by atoms with Crippen LogP contribution in [0.25, 0.3) is 10.9 Å². The fourth-order valence-corrected chi connectivity index (χ4v) is 10.8. The predicted molar refractivity (Wildman–Crippen MR) is 164 cm³/mol. The van der Waals surface area contributed by atoms with E-state index in [9.17, 15) is 14.7 Å². The van der Waals surface area contributed by atoms with Crippen molar-refractivity contribution in [3.8, 4) is 0 Å². The van der Waals surface area contributed by atoms with Gasteiger partial charge in [-0.2, -0.15) is 5.10 Å². The molecule has 41 heavy (non-hydrogen) atoms. The van der Waals surface area contributed by atoms with Crippen molar-refractivity contribution in [2.75, 3.05) is 6.61 Å². The zero-order chi connectivity index (χ0) is 29.0. The SMILES string of the molecule is CC(C)(C)[Si](OCCn1nc2ccccc2c1C(=O)NC1CCC(C(=O)O)CC1)(c1ccccc1)c1ccccc1. The summed E-state index contributed by atoms with van der Waals surface area (Å²) in [5, 5.41) is 20.4. The Bertz CT molecular complexity index is 1450. The summed E-state index contributed by atoms with van der Waals surface area (Å²) in [6, 6.07) is 28.7. The van der Waals surface area contributed by atoms with Gasteiger partial charge in [-0.3, -0.25) is 14.3 Å². The molecule has 1 aliphatic carbocycles. The zero-order valence-corrected chi connectivity index (χ0v) is 25.0. The second-order valence-corrected chi connectivity index (χ2v) is 16.3. The second kappa shape index (κ2) is 12.0. The Morgan fingerprint density at radius 1 is 0.902 bits per heavy atom. The lowest BCUT2D eigenvalue weighted by Gasteiger charge is -2.43. The molecule has 1 aliphatic rings. The van der Waals surface area contributed by atoms with Crippen molar-refractivity contribution in [2.45, 2.75) is 64.1 Å². The van der Waals surface area contributed by atoms with Crippen molar-refractivity contribution in [3.05, 3.63) is 90.6 Å². The Hall–Kier alpha value is -3.75. The van der Waals surface area contributed by atoms with Crippen molar-refractivity contribution in [2.24, 2.45) is 5.92 Å². The summed E-state index contributed by atoms with van der Waals surface area (Å²) in [4.78, 5) is 25.0. The number of aromatic nitrogens is 2. The Morgan fingerprint density at radius 2 is 1.46 bits per heavy atom. The highest BCUT2D eigenvalue weighted by atomic mass is 28.4. The number of hydrogen-bond donors (Lipinski definition) is 2. The van der Waals surface area contributed by atoms with Gasteiger partial charge in [0.15, 0.2) is 0 Å². The van der Waals surface area contributed by atoms with Gasteiger partial charge in [0.25, 0.3) is 14.2 Å². The van der Waals surface area contributed by atoms with Crippen LogP contribution in [0.4, 0.5) is 0 Å². The molecule has 0 bridgehead atoms. The van der Waals surface area contributed by atoms with E-state index in [0.29, 0.717) is 44.5 Å². The molecule has 0 radical (unpaired) electrons. The summed E-state index contributed by atoms with van der Waals surface area (Å²) in [7, 11) is -2.73. The molecule has 0 atom stereocenters. The Balaban J connectivity index is 1.42. The number of rotatable bonds is 9. The average Bonchev–Trinajstić information content (AvgIpc) is 3.34. The minimum Gasteiger partial charge on any atom is -0.481 e. The van der Waals surface area contributed by atoms with Crippen LogP contribution >= 0.6 is 0 Å². The first-order chi connectivity index (χ1) is 19.7. The molecule has 0 spiro atoms. The van der Waals surface area contributed by atoms with Gasteiger partial charge in [-0.15, -0.1) is 0 Å². The van der Waals surface area contributed by atoms with Crippen LogP contribution in [-0.2, 0) is 15.8 Å². The summed E-state index contributed by atoms with van der Waals surface area (Å²) >= 11 is 0. The van der Waals surface area contributed by atoms with Gasteiger partial charge in [0.05, 0.1) is 24.6 Å². The first-order valence-electron chi connectivity index (χ1n) is 14.4. The van der Waals surface area contributed by atoms with Crippen LogP contribution in [0.3, 0.4) is 0 Å². The maximum absolute atomic E-state index is 13.7. The summed E-state index contributed by atoms with van der Waals surface area (Å²) in [6.45, 7) is 7.57. The molecule has 2 N–H and O–H groups in total. The van der Waals surface area contributed by atoms with E-state index < -0.39 is 14.3 Å². The van der Waals surface area contributed by atoms with E-state index in [0.717, 1.165) is 10.9 Å². The topological polar surface area (TPSA) is 93.5 Å². The lowest BCUT2D eigenvalue weighted by atomic mass is 9.86. The van der Waals surface area contributed by atoms with E-state index in [1.165, 1.54) is 10.4 Å². The smallest absolute Gasteiger partial charge is 0.306 e. The number of carboxylic acid groups (broad SMARTS) is 1. The molecule has 0 aliphatic heterocycles. The third kappa shape index (κ3) is 5.85. The van der Waals surface area contributed by atoms with E-state index in [1.807, 2.05) is 36.4 Å². The van der Waals surface area contributed by atoms with Gasteiger partial charge in [-0.05, 0) is 47.2 Å². The van der Waals surface area contributed by atoms with Gasteiger partial charge in [-0.1, -0.05) is 99.6 Å². The van der Waals surface area contributed by atoms with Crippen molar-refractivity contribution >= 4 is 41.5 Å². The van der Waals surface area contributed by atoms with Gasteiger partial charge in [-0.25, -0.2) is 0 Å². The van der Waals surface area contributed by atoms with E-state index in [1.54, 1.807) is 4.68 Å². The molecule has 1 heterocycles. The number of hydrogen-bond acceptors (Lipinski definition) is 4. The summed E-state index contributed by atoms with van der Waals surface area (Å²) in [5.41, 5.74) is 1.28. The maximum atomic E-state index is 13.7. The van der Waals surface area contributed by atoms with Crippen LogP contribution in [0.1, 0.15) is 56.9 Å². The number of fused-ring (bicyclic) bond motifs is 1. The molecule has 7 nitrogen and oxygen atoms in total. The van der Waals surface area contributed by atoms with Crippen molar-refractivity contribution < 1.29 is 19.1 Å². The molecular weight excluding hydrogens is 530 g/mol. The summed E-state index contributed by atoms with van der Waals surface area (Å²) in [5.74, 6) is -1.25. The number of carbonyl (C=O) groups excluding carboxylic acids is 1. The van der Waals surface area contributed by atoms with Gasteiger partial charge < -0.3 is 14.8 Å². The molecule has 1 fully saturated rings. The largest absolute Gasteiger partial charge is 0.481 e. The predicted octanol–water partition coefficient (Wildman–Crippen LogP) is 4.99. The molecule has 4 aromatic rings. The number of benzene rings is 3. The fourth-order valence-electron chi connectivity index (χ4n) is 6.27. The van der Waals surface area contributed by atoms with E-state index in [-0.39, 0.29) is 22.9 Å². The molecule has 0 saturated heterocycles. The molecule has 3 aromatic carbocycles. The first-order valence-corrected chi connectivity index (χ1v) is 16.4. The van der Waals surface area contributed by atoms with Gasteiger partial charge in [0, 0.05) is 11.4 Å². The maximum Gasteiger partial charge on any atom is 0.306 e. The summed E-state index contributed by atoms with van der Waals surface area (Å²) < 4.78 is 8.85. The number of amides is 1. The molecule has 0 unspecified atom stereocenters. The molecule has 214 valence electrons. The standard InChI is InChI=1S/C33H39N3O4Si/c1-33(2,3)41(26-12-6-4-7-13-26,27-14-8-5-9-15-27)40-23-22-36-30(28-16-10-11-17-29(28)35-36)31(37)34-25-20-18-24(19-21-25)32(38)39/h4-17,24-25H,18-23H2,1-3H3,(H,34,37)(H,38,39). The highest BCUT2D eigenvalue weighted by Crippen LogP contribution is 2.36. The number of nitrogens with zero attached hydrogens (tertiary/aromatic N) is 2. The van der Waals surface area contributed by atoms with Crippen LogP contribution < -0.4 is 15.7 Å². The highest BCUT2D eigenvalue weighted by Gasteiger charge is 2.50. The van der Waals surface area contributed by atoms with E-state index >= 15 is 0 Å². The quantitative estimate of drug-likeness (QED) is 0.277. The molecule has 8 heteroatoms. The van der Waals surface area contributed by atoms with Crippen LogP contribution in [0.5, 0.6) is 0 Å². The van der Waals surface area contributed by atoms with E-state index in [2.05, 4.69) is 74.6 Å². The zero-order valence-electron chi connectivity index (χ0n) is 24.0. The number of aliphatic carboxylic acids is 1. The second-order valence-electron chi connectivity index (χ2n) is 12.0. The fraction of sp³-hybridized carbons (Fsp3) is 0.364. The third-order valence-electron chi connectivity index (χ3n) is 8.31. The minimum atomic E-state index is -2.73. The molecule has 5 rings (SSSR count). The number of nitrogens with one attached hydrogen (secondary N) is 1. The lowest BCUT2D eigenvalue weighted by Crippen LogP contribution is -2.66. The average molecular weight is 570 g/mol. The Kier molecular flexibility index (Phi) is 8.42. The molecule has 1 amide bonds. The molecule has 1 saturated carbocycles. The highest BCUT2D eigenvalue weighted by molar-refractivity contribution is 6.99. The van der Waals surface area contributed by atoms with Crippen LogP contribution in [0.15, 0.2) is 84.9 Å². The van der Waals surface area contributed by atoms with Gasteiger partial charge in [0.2, 0.25) is 0 Å². The molecule has 1 aromatic heterocycles. The van der Waals surface area contributed by atoms with Crippen molar-refractivity contribution in [3.63, 3.8) is 0 Å². The van der Waals surface area contributed by atoms with Crippen molar-refractivity contribution in [1.29, 1.82) is 0 Å². The Morgan fingerprint density at radius 3 is 2.02 bits per heavy atom. The van der Waals surface area contributed by atoms with Crippen LogP contribution in [0, 0.1) is 5.92 Å². The number of carbonyl (C=O) groups is 2. The Labute approximate surface area is 242 Å². The minimum absolute atomic E-state index is 0.0476. The number of carboxylic acids is 1. The van der Waals surface area contributed by atoms with Gasteiger partial charge in [0.1, 0.15) is 5.69 Å². The van der Waals surface area contributed by atoms with E-state index in [4.69, 9.17) is 9.52 Å². The summed E-state index contributed by atoms with van der Waals surface area (Å²) in [6.07, 6.45) is 2.47. The monoisotopic (exact) mass is 569 g/mol.